The molecule has 0 radical (unpaired) electrons. The Morgan fingerprint density at radius 2 is 0.897 bits per heavy atom. The van der Waals surface area contributed by atoms with Crippen molar-refractivity contribution in [3.8, 4) is 22.6 Å². The van der Waals surface area contributed by atoms with Crippen molar-refractivity contribution in [1.82, 2.24) is 0 Å². The smallest absolute Gasteiger partial charge is 0.115 e. The van der Waals surface area contributed by atoms with Gasteiger partial charge in [0.15, 0.2) is 0 Å². The molecule has 29 heavy (non-hydrogen) atoms. The van der Waals surface area contributed by atoms with Crippen LogP contribution >= 0.6 is 0 Å². The first-order valence-corrected chi connectivity index (χ1v) is 9.82. The number of hydrogen-bond donors (Lipinski definition) is 2. The van der Waals surface area contributed by atoms with Crippen LogP contribution in [0.5, 0.6) is 11.5 Å². The Bertz CT molecular complexity index is 1120. The Kier molecular flexibility index (Phi) is 3.78. The molecule has 0 atom stereocenters. The van der Waals surface area contributed by atoms with E-state index >= 15 is 0 Å². The van der Waals surface area contributed by atoms with Crippen molar-refractivity contribution in [2.45, 2.75) is 19.3 Å². The fourth-order valence-electron chi connectivity index (χ4n) is 4.77. The maximum atomic E-state index is 9.92. The minimum atomic E-state index is -0.506. The van der Waals surface area contributed by atoms with E-state index in [2.05, 4.69) is 50.2 Å². The van der Waals surface area contributed by atoms with E-state index in [0.29, 0.717) is 0 Å². The summed E-state index contributed by atoms with van der Waals surface area (Å²) in [5.74, 6) is 0.502. The molecule has 4 aromatic rings. The van der Waals surface area contributed by atoms with Crippen LogP contribution in [-0.4, -0.2) is 10.2 Å². The van der Waals surface area contributed by atoms with Gasteiger partial charge < -0.3 is 10.2 Å². The van der Waals surface area contributed by atoms with Crippen LogP contribution < -0.4 is 0 Å². The number of phenols is 2. The first kappa shape index (κ1) is 17.6. The average Bonchev–Trinajstić information content (AvgIpc) is 2.99. The van der Waals surface area contributed by atoms with Crippen LogP contribution in [0.15, 0.2) is 84.9 Å². The monoisotopic (exact) mass is 378 g/mol. The lowest BCUT2D eigenvalue weighted by Gasteiger charge is -2.34. The largest absolute Gasteiger partial charge is 0.508 e. The fraction of sp³-hybridized carbons (Fsp3) is 0.111. The zero-order valence-corrected chi connectivity index (χ0v) is 16.5. The van der Waals surface area contributed by atoms with Crippen LogP contribution in [0.25, 0.3) is 11.1 Å². The molecule has 4 aromatic carbocycles. The van der Waals surface area contributed by atoms with Gasteiger partial charge in [0.05, 0.1) is 5.41 Å². The van der Waals surface area contributed by atoms with E-state index in [1.807, 2.05) is 24.3 Å². The van der Waals surface area contributed by atoms with Gasteiger partial charge in [-0.25, -0.2) is 0 Å². The molecule has 0 aromatic heterocycles. The Morgan fingerprint density at radius 3 is 1.28 bits per heavy atom. The maximum Gasteiger partial charge on any atom is 0.115 e. The van der Waals surface area contributed by atoms with Crippen LogP contribution in [0, 0.1) is 13.8 Å². The number of hydrogen-bond acceptors (Lipinski definition) is 2. The first-order valence-electron chi connectivity index (χ1n) is 9.82. The van der Waals surface area contributed by atoms with Gasteiger partial charge >= 0.3 is 0 Å². The second kappa shape index (κ2) is 6.25. The van der Waals surface area contributed by atoms with Crippen molar-refractivity contribution in [3.05, 3.63) is 118 Å². The molecule has 1 aliphatic carbocycles. The van der Waals surface area contributed by atoms with E-state index < -0.39 is 5.41 Å². The molecule has 0 heterocycles. The molecule has 2 N–H and O–H groups in total. The average molecular weight is 378 g/mol. The molecule has 0 amide bonds. The van der Waals surface area contributed by atoms with E-state index in [9.17, 15) is 10.2 Å². The van der Waals surface area contributed by atoms with Crippen LogP contribution in [0.3, 0.4) is 0 Å². The highest BCUT2D eigenvalue weighted by molar-refractivity contribution is 5.87. The Labute approximate surface area is 170 Å². The predicted octanol–water partition coefficient (Wildman–Crippen LogP) is 6.08. The van der Waals surface area contributed by atoms with Crippen molar-refractivity contribution in [1.29, 1.82) is 0 Å². The predicted molar refractivity (Wildman–Crippen MR) is 117 cm³/mol. The fourth-order valence-corrected chi connectivity index (χ4v) is 4.77. The zero-order chi connectivity index (χ0) is 20.2. The van der Waals surface area contributed by atoms with Crippen molar-refractivity contribution in [2.24, 2.45) is 0 Å². The van der Waals surface area contributed by atoms with Crippen molar-refractivity contribution in [2.75, 3.05) is 0 Å². The van der Waals surface area contributed by atoms with Gasteiger partial charge in [-0.15, -0.1) is 0 Å². The normalized spacial score (nSPS) is 13.7. The minimum Gasteiger partial charge on any atom is -0.508 e. The topological polar surface area (TPSA) is 40.5 Å². The maximum absolute atomic E-state index is 9.92. The molecule has 1 aliphatic rings. The molecule has 0 spiro atoms. The first-order chi connectivity index (χ1) is 14.0. The number of aryl methyl sites for hydroxylation is 2. The minimum absolute atomic E-state index is 0.251. The molecule has 0 fully saturated rings. The van der Waals surface area contributed by atoms with E-state index in [1.165, 1.54) is 33.4 Å². The second-order valence-electron chi connectivity index (χ2n) is 7.94. The third-order valence-corrected chi connectivity index (χ3v) is 6.05. The van der Waals surface area contributed by atoms with Gasteiger partial charge in [0.25, 0.3) is 0 Å². The number of benzene rings is 4. The number of fused-ring (bicyclic) bond motifs is 3. The van der Waals surface area contributed by atoms with Gasteiger partial charge in [-0.3, -0.25) is 0 Å². The Morgan fingerprint density at radius 1 is 0.517 bits per heavy atom. The summed E-state index contributed by atoms with van der Waals surface area (Å²) >= 11 is 0. The third kappa shape index (κ3) is 2.49. The van der Waals surface area contributed by atoms with Gasteiger partial charge in [-0.05, 0) is 71.5 Å². The van der Waals surface area contributed by atoms with Crippen LogP contribution in [0.1, 0.15) is 33.4 Å². The Balaban J connectivity index is 1.95. The highest BCUT2D eigenvalue weighted by Crippen LogP contribution is 2.56. The molecule has 0 saturated carbocycles. The molecule has 0 aliphatic heterocycles. The van der Waals surface area contributed by atoms with Crippen LogP contribution in [0.4, 0.5) is 0 Å². The van der Waals surface area contributed by atoms with Crippen LogP contribution in [0.2, 0.25) is 0 Å². The van der Waals surface area contributed by atoms with Gasteiger partial charge in [0, 0.05) is 0 Å². The summed E-state index contributed by atoms with van der Waals surface area (Å²) < 4.78 is 0. The van der Waals surface area contributed by atoms with Gasteiger partial charge in [0.2, 0.25) is 0 Å². The standard InChI is InChI=1S/C27H22O2/c1-17-3-13-25-23(15-17)24-16-18(2)4-14-26(24)27(25,19-5-9-21(28)10-6-19)20-7-11-22(29)12-8-20/h3-16,28-29H,1-2H3. The molecule has 0 saturated heterocycles. The lowest BCUT2D eigenvalue weighted by Crippen LogP contribution is -2.28. The quantitative estimate of drug-likeness (QED) is 0.391. The molecular formula is C27H22O2. The summed E-state index contributed by atoms with van der Waals surface area (Å²) in [4.78, 5) is 0. The summed E-state index contributed by atoms with van der Waals surface area (Å²) in [7, 11) is 0. The molecule has 2 heteroatoms. The summed E-state index contributed by atoms with van der Waals surface area (Å²) in [5, 5.41) is 19.8. The molecule has 0 bridgehead atoms. The van der Waals surface area contributed by atoms with Crippen molar-refractivity contribution >= 4 is 0 Å². The number of aromatic hydroxyl groups is 2. The van der Waals surface area contributed by atoms with Gasteiger partial charge in [-0.1, -0.05) is 71.8 Å². The number of phenolic OH excluding ortho intramolecular Hbond substituents is 2. The molecule has 142 valence electrons. The van der Waals surface area contributed by atoms with Gasteiger partial charge in [0.1, 0.15) is 11.5 Å². The zero-order valence-electron chi connectivity index (χ0n) is 16.5. The van der Waals surface area contributed by atoms with E-state index in [-0.39, 0.29) is 11.5 Å². The lowest BCUT2D eigenvalue weighted by molar-refractivity contribution is 0.475. The molecule has 2 nitrogen and oxygen atoms in total. The summed E-state index contributed by atoms with van der Waals surface area (Å²) in [5.41, 5.74) is 9.05. The Hall–Kier alpha value is -3.52. The summed E-state index contributed by atoms with van der Waals surface area (Å²) in [6.45, 7) is 4.24. The van der Waals surface area contributed by atoms with Crippen molar-refractivity contribution in [3.63, 3.8) is 0 Å². The number of rotatable bonds is 2. The summed E-state index contributed by atoms with van der Waals surface area (Å²) in [6.07, 6.45) is 0. The van der Waals surface area contributed by atoms with E-state index in [0.717, 1.165) is 11.1 Å². The highest BCUT2D eigenvalue weighted by Gasteiger charge is 2.46. The van der Waals surface area contributed by atoms with Gasteiger partial charge in [-0.2, -0.15) is 0 Å². The van der Waals surface area contributed by atoms with E-state index in [1.54, 1.807) is 24.3 Å². The molecular weight excluding hydrogens is 356 g/mol. The van der Waals surface area contributed by atoms with Crippen molar-refractivity contribution < 1.29 is 10.2 Å². The van der Waals surface area contributed by atoms with Crippen LogP contribution in [-0.2, 0) is 5.41 Å². The third-order valence-electron chi connectivity index (χ3n) is 6.05. The molecule has 5 rings (SSSR count). The summed E-state index contributed by atoms with van der Waals surface area (Å²) in [6, 6.07) is 28.3. The lowest BCUT2D eigenvalue weighted by atomic mass is 9.67. The molecule has 0 unspecified atom stereocenters. The second-order valence-corrected chi connectivity index (χ2v) is 7.94. The highest BCUT2D eigenvalue weighted by atomic mass is 16.3. The van der Waals surface area contributed by atoms with E-state index in [4.69, 9.17) is 0 Å². The SMILES string of the molecule is Cc1ccc2c(c1)-c1cc(C)ccc1C2(c1ccc(O)cc1)c1ccc(O)cc1.